The largest absolute Gasteiger partial charge is 0.345 e. The van der Waals surface area contributed by atoms with Crippen molar-refractivity contribution < 1.29 is 4.79 Å². The fourth-order valence-electron chi connectivity index (χ4n) is 4.10. The fraction of sp³-hybridized carbons (Fsp3) is 0.250. The molecule has 4 aromatic rings. The lowest BCUT2D eigenvalue weighted by Crippen LogP contribution is -2.48. The molecule has 1 aromatic heterocycles. The molecule has 0 unspecified atom stereocenters. The number of anilines is 1. The molecule has 0 aliphatic carbocycles. The van der Waals surface area contributed by atoms with Gasteiger partial charge in [0.25, 0.3) is 5.91 Å². The molecule has 4 nitrogen and oxygen atoms in total. The summed E-state index contributed by atoms with van der Waals surface area (Å²) in [7, 11) is 0. The Bertz CT molecular complexity index is 1190. The third kappa shape index (κ3) is 3.25. The summed E-state index contributed by atoms with van der Waals surface area (Å²) in [6.45, 7) is 5.25. The van der Waals surface area contributed by atoms with Gasteiger partial charge in [-0.25, -0.2) is 4.98 Å². The van der Waals surface area contributed by atoms with Gasteiger partial charge in [0, 0.05) is 31.7 Å². The first kappa shape index (κ1) is 18.1. The third-order valence-electron chi connectivity index (χ3n) is 5.73. The van der Waals surface area contributed by atoms with Crippen LogP contribution in [0.4, 0.5) is 5.13 Å². The number of hydrogen-bond donors (Lipinski definition) is 0. The number of rotatable bonds is 3. The third-order valence-corrected chi connectivity index (χ3v) is 6.81. The number of aryl methyl sites for hydroxylation is 1. The maximum absolute atomic E-state index is 13.2. The Balaban J connectivity index is 1.34. The lowest BCUT2D eigenvalue weighted by molar-refractivity contribution is 0.0749. The Kier molecular flexibility index (Phi) is 4.68. The van der Waals surface area contributed by atoms with Crippen molar-refractivity contribution in [3.8, 4) is 0 Å². The van der Waals surface area contributed by atoms with Crippen molar-refractivity contribution in [2.24, 2.45) is 0 Å². The standard InChI is InChI=1S/C24H23N3OS/c1-2-17-8-6-12-21-22(17)25-24(29-21)27-15-13-26(14-16-27)23(28)20-11-5-9-18-7-3-4-10-19(18)20/h3-12H,2,13-16H2,1H3. The van der Waals surface area contributed by atoms with Gasteiger partial charge >= 0.3 is 0 Å². The summed E-state index contributed by atoms with van der Waals surface area (Å²) in [6, 6.07) is 20.5. The van der Waals surface area contributed by atoms with Gasteiger partial charge in [-0.15, -0.1) is 0 Å². The van der Waals surface area contributed by atoms with E-state index in [4.69, 9.17) is 4.98 Å². The number of piperazine rings is 1. The average Bonchev–Trinajstić information content (AvgIpc) is 3.23. The minimum atomic E-state index is 0.124. The minimum Gasteiger partial charge on any atom is -0.345 e. The lowest BCUT2D eigenvalue weighted by Gasteiger charge is -2.34. The number of hydrogen-bond acceptors (Lipinski definition) is 4. The number of aromatic nitrogens is 1. The Morgan fingerprint density at radius 2 is 1.72 bits per heavy atom. The molecule has 5 heteroatoms. The first-order chi connectivity index (χ1) is 14.2. The highest BCUT2D eigenvalue weighted by molar-refractivity contribution is 7.22. The molecule has 0 atom stereocenters. The van der Waals surface area contributed by atoms with E-state index in [-0.39, 0.29) is 5.91 Å². The number of amides is 1. The van der Waals surface area contributed by atoms with Crippen molar-refractivity contribution in [2.75, 3.05) is 31.1 Å². The van der Waals surface area contributed by atoms with Gasteiger partial charge in [-0.2, -0.15) is 0 Å². The molecule has 1 aliphatic rings. The van der Waals surface area contributed by atoms with Gasteiger partial charge in [-0.1, -0.05) is 66.8 Å². The van der Waals surface area contributed by atoms with Crippen LogP contribution in [0.1, 0.15) is 22.8 Å². The van der Waals surface area contributed by atoms with Crippen LogP contribution in [0.15, 0.2) is 60.7 Å². The van der Waals surface area contributed by atoms with E-state index in [2.05, 4.69) is 42.2 Å². The number of para-hydroxylation sites is 1. The van der Waals surface area contributed by atoms with Crippen LogP contribution in [0.25, 0.3) is 21.0 Å². The highest BCUT2D eigenvalue weighted by Gasteiger charge is 2.25. The van der Waals surface area contributed by atoms with E-state index < -0.39 is 0 Å². The Morgan fingerprint density at radius 3 is 2.55 bits per heavy atom. The van der Waals surface area contributed by atoms with Crippen LogP contribution in [0.2, 0.25) is 0 Å². The molecule has 0 bridgehead atoms. The molecule has 2 heterocycles. The molecule has 0 spiro atoms. The van der Waals surface area contributed by atoms with Crippen LogP contribution in [-0.4, -0.2) is 42.0 Å². The smallest absolute Gasteiger partial charge is 0.254 e. The van der Waals surface area contributed by atoms with E-state index in [0.29, 0.717) is 0 Å². The zero-order valence-electron chi connectivity index (χ0n) is 16.5. The van der Waals surface area contributed by atoms with E-state index >= 15 is 0 Å². The Labute approximate surface area is 174 Å². The summed E-state index contributed by atoms with van der Waals surface area (Å²) >= 11 is 1.75. The van der Waals surface area contributed by atoms with E-state index in [9.17, 15) is 4.79 Å². The molecule has 1 aliphatic heterocycles. The lowest BCUT2D eigenvalue weighted by atomic mass is 10.0. The normalized spacial score (nSPS) is 14.7. The SMILES string of the molecule is CCc1cccc2sc(N3CCN(C(=O)c4cccc5ccccc45)CC3)nc12. The van der Waals surface area contributed by atoms with Crippen LogP contribution in [-0.2, 0) is 6.42 Å². The van der Waals surface area contributed by atoms with E-state index in [1.807, 2.05) is 35.2 Å². The van der Waals surface area contributed by atoms with Crippen LogP contribution in [0.5, 0.6) is 0 Å². The van der Waals surface area contributed by atoms with Gasteiger partial charge < -0.3 is 9.80 Å². The maximum Gasteiger partial charge on any atom is 0.254 e. The molecular formula is C24H23N3OS. The molecule has 1 amide bonds. The van der Waals surface area contributed by atoms with Crippen molar-refractivity contribution in [1.82, 2.24) is 9.88 Å². The Hall–Kier alpha value is -2.92. The van der Waals surface area contributed by atoms with E-state index in [0.717, 1.165) is 59.6 Å². The number of thiazole rings is 1. The van der Waals surface area contributed by atoms with Crippen molar-refractivity contribution in [3.05, 3.63) is 71.8 Å². The zero-order valence-corrected chi connectivity index (χ0v) is 17.3. The van der Waals surface area contributed by atoms with Gasteiger partial charge in [0.05, 0.1) is 10.2 Å². The number of fused-ring (bicyclic) bond motifs is 2. The topological polar surface area (TPSA) is 36.4 Å². The monoisotopic (exact) mass is 401 g/mol. The summed E-state index contributed by atoms with van der Waals surface area (Å²) < 4.78 is 1.24. The second-order valence-corrected chi connectivity index (χ2v) is 8.43. The number of carbonyl (C=O) groups excluding carboxylic acids is 1. The predicted molar refractivity (Wildman–Crippen MR) is 121 cm³/mol. The molecule has 0 saturated carbocycles. The van der Waals surface area contributed by atoms with Crippen LogP contribution in [0, 0.1) is 0 Å². The van der Waals surface area contributed by atoms with Crippen LogP contribution < -0.4 is 4.90 Å². The number of nitrogens with zero attached hydrogens (tertiary/aromatic N) is 3. The molecule has 3 aromatic carbocycles. The predicted octanol–water partition coefficient (Wildman–Crippen LogP) is 4.97. The molecule has 29 heavy (non-hydrogen) atoms. The van der Waals surface area contributed by atoms with Gasteiger partial charge in [0.15, 0.2) is 5.13 Å². The first-order valence-electron chi connectivity index (χ1n) is 10.1. The molecule has 1 saturated heterocycles. The quantitative estimate of drug-likeness (QED) is 0.486. The van der Waals surface area contributed by atoms with Crippen molar-refractivity contribution in [3.63, 3.8) is 0 Å². The highest BCUT2D eigenvalue weighted by atomic mass is 32.1. The van der Waals surface area contributed by atoms with Gasteiger partial charge in [0.1, 0.15) is 0 Å². The summed E-state index contributed by atoms with van der Waals surface area (Å²) in [4.78, 5) is 22.4. The summed E-state index contributed by atoms with van der Waals surface area (Å²) in [5.41, 5.74) is 3.23. The van der Waals surface area contributed by atoms with Crippen molar-refractivity contribution >= 4 is 43.4 Å². The second kappa shape index (κ2) is 7.48. The fourth-order valence-corrected chi connectivity index (χ4v) is 5.16. The van der Waals surface area contributed by atoms with Crippen LogP contribution in [0.3, 0.4) is 0 Å². The second-order valence-electron chi connectivity index (χ2n) is 7.42. The molecule has 0 radical (unpaired) electrons. The van der Waals surface area contributed by atoms with Crippen molar-refractivity contribution in [2.45, 2.75) is 13.3 Å². The van der Waals surface area contributed by atoms with E-state index in [1.54, 1.807) is 11.3 Å². The van der Waals surface area contributed by atoms with Gasteiger partial charge in [0.2, 0.25) is 0 Å². The van der Waals surface area contributed by atoms with Crippen molar-refractivity contribution in [1.29, 1.82) is 0 Å². The van der Waals surface area contributed by atoms with E-state index in [1.165, 1.54) is 10.3 Å². The van der Waals surface area contributed by atoms with Crippen LogP contribution >= 0.6 is 11.3 Å². The molecule has 1 fully saturated rings. The zero-order chi connectivity index (χ0) is 19.8. The molecule has 146 valence electrons. The van der Waals surface area contributed by atoms with Gasteiger partial charge in [-0.3, -0.25) is 4.79 Å². The number of carbonyl (C=O) groups is 1. The molecule has 0 N–H and O–H groups in total. The number of benzene rings is 3. The summed E-state index contributed by atoms with van der Waals surface area (Å²) in [6.07, 6.45) is 0.994. The summed E-state index contributed by atoms with van der Waals surface area (Å²) in [5.74, 6) is 0.124. The first-order valence-corrected chi connectivity index (χ1v) is 11.0. The minimum absolute atomic E-state index is 0.124. The maximum atomic E-state index is 13.2. The highest BCUT2D eigenvalue weighted by Crippen LogP contribution is 2.31. The molecular weight excluding hydrogens is 378 g/mol. The van der Waals surface area contributed by atoms with Gasteiger partial charge in [-0.05, 0) is 34.9 Å². The summed E-state index contributed by atoms with van der Waals surface area (Å²) in [5, 5.41) is 3.21. The molecule has 5 rings (SSSR count). The Morgan fingerprint density at radius 1 is 0.966 bits per heavy atom. The average molecular weight is 402 g/mol.